The zero-order valence-corrected chi connectivity index (χ0v) is 15.6. The minimum atomic E-state index is -3.98. The third kappa shape index (κ3) is 3.54. The van der Waals surface area contributed by atoms with Gasteiger partial charge in [0.25, 0.3) is 10.0 Å². The standard InChI is InChI=1S/C15H13BrFN5O2S/c1-9-3-6-15(12(16)7-9)25(23,24)19-14-8-11(4-5-13(14)17)22-10(2)18-20-21-22/h3-8,19H,1-2H3. The van der Waals surface area contributed by atoms with Crippen molar-refractivity contribution >= 4 is 31.6 Å². The summed E-state index contributed by atoms with van der Waals surface area (Å²) in [6.07, 6.45) is 0. The Morgan fingerprint density at radius 2 is 1.92 bits per heavy atom. The van der Waals surface area contributed by atoms with Gasteiger partial charge in [-0.2, -0.15) is 4.68 Å². The van der Waals surface area contributed by atoms with Crippen molar-refractivity contribution in [1.29, 1.82) is 0 Å². The van der Waals surface area contributed by atoms with Crippen LogP contribution >= 0.6 is 15.9 Å². The van der Waals surface area contributed by atoms with Crippen molar-refractivity contribution in [2.24, 2.45) is 0 Å². The first kappa shape index (κ1) is 17.5. The lowest BCUT2D eigenvalue weighted by Gasteiger charge is -2.12. The fourth-order valence-electron chi connectivity index (χ4n) is 2.22. The van der Waals surface area contributed by atoms with Crippen LogP contribution in [-0.2, 0) is 10.0 Å². The van der Waals surface area contributed by atoms with E-state index in [0.717, 1.165) is 11.6 Å². The molecule has 0 bridgehead atoms. The molecule has 3 aromatic rings. The average molecular weight is 426 g/mol. The number of rotatable bonds is 4. The molecule has 0 aliphatic carbocycles. The molecule has 0 saturated carbocycles. The maximum atomic E-state index is 14.1. The summed E-state index contributed by atoms with van der Waals surface area (Å²) in [4.78, 5) is 0.0153. The molecule has 10 heteroatoms. The molecule has 0 fully saturated rings. The van der Waals surface area contributed by atoms with Crippen LogP contribution < -0.4 is 4.72 Å². The number of halogens is 2. The van der Waals surface area contributed by atoms with Crippen molar-refractivity contribution in [3.05, 3.63) is 58.1 Å². The summed E-state index contributed by atoms with van der Waals surface area (Å²) in [5, 5.41) is 11.1. The second-order valence-electron chi connectivity index (χ2n) is 5.34. The fourth-order valence-corrected chi connectivity index (χ4v) is 4.47. The highest BCUT2D eigenvalue weighted by Crippen LogP contribution is 2.27. The third-order valence-electron chi connectivity index (χ3n) is 3.44. The van der Waals surface area contributed by atoms with E-state index in [1.165, 1.54) is 22.9 Å². The van der Waals surface area contributed by atoms with E-state index in [1.807, 2.05) is 6.92 Å². The Balaban J connectivity index is 2.01. The number of nitrogens with zero attached hydrogens (tertiary/aromatic N) is 4. The molecule has 0 unspecified atom stereocenters. The lowest BCUT2D eigenvalue weighted by atomic mass is 10.2. The largest absolute Gasteiger partial charge is 0.277 e. The summed E-state index contributed by atoms with van der Waals surface area (Å²) in [5.74, 6) is -0.219. The zero-order chi connectivity index (χ0) is 18.2. The molecule has 0 aliphatic heterocycles. The van der Waals surface area contributed by atoms with Gasteiger partial charge in [-0.15, -0.1) is 5.10 Å². The van der Waals surface area contributed by atoms with Crippen molar-refractivity contribution in [2.75, 3.05) is 4.72 Å². The number of aromatic nitrogens is 4. The van der Waals surface area contributed by atoms with E-state index in [0.29, 0.717) is 16.0 Å². The Kier molecular flexibility index (Phi) is 4.56. The minimum absolute atomic E-state index is 0.0153. The molecule has 130 valence electrons. The van der Waals surface area contributed by atoms with Crippen molar-refractivity contribution in [3.63, 3.8) is 0 Å². The summed E-state index contributed by atoms with van der Waals surface area (Å²) < 4.78 is 43.4. The highest BCUT2D eigenvalue weighted by Gasteiger charge is 2.20. The smallest absolute Gasteiger partial charge is 0.263 e. The van der Waals surface area contributed by atoms with Gasteiger partial charge in [-0.05, 0) is 76.1 Å². The van der Waals surface area contributed by atoms with Gasteiger partial charge in [0.15, 0.2) is 5.82 Å². The molecule has 0 saturated heterocycles. The molecule has 1 N–H and O–H groups in total. The fraction of sp³-hybridized carbons (Fsp3) is 0.133. The summed E-state index contributed by atoms with van der Waals surface area (Å²) in [7, 11) is -3.98. The van der Waals surface area contributed by atoms with Gasteiger partial charge in [-0.1, -0.05) is 6.07 Å². The molecule has 1 aromatic heterocycles. The van der Waals surface area contributed by atoms with Crippen LogP contribution in [0.25, 0.3) is 5.69 Å². The number of sulfonamides is 1. The van der Waals surface area contributed by atoms with Gasteiger partial charge in [0.2, 0.25) is 0 Å². The van der Waals surface area contributed by atoms with Gasteiger partial charge in [-0.3, -0.25) is 4.72 Å². The number of anilines is 1. The molecule has 0 atom stereocenters. The van der Waals surface area contributed by atoms with Crippen LogP contribution in [0.3, 0.4) is 0 Å². The minimum Gasteiger partial charge on any atom is -0.277 e. The topological polar surface area (TPSA) is 89.8 Å². The molecule has 0 aliphatic rings. The van der Waals surface area contributed by atoms with E-state index in [1.54, 1.807) is 19.1 Å². The number of hydrogen-bond donors (Lipinski definition) is 1. The van der Waals surface area contributed by atoms with Gasteiger partial charge in [-0.25, -0.2) is 12.8 Å². The van der Waals surface area contributed by atoms with Crippen LogP contribution in [0.5, 0.6) is 0 Å². The predicted molar refractivity (Wildman–Crippen MR) is 93.5 cm³/mol. The first-order valence-electron chi connectivity index (χ1n) is 7.12. The second-order valence-corrected chi connectivity index (χ2v) is 7.85. The zero-order valence-electron chi connectivity index (χ0n) is 13.2. The molecule has 1 heterocycles. The van der Waals surface area contributed by atoms with E-state index in [2.05, 4.69) is 36.2 Å². The van der Waals surface area contributed by atoms with Gasteiger partial charge >= 0.3 is 0 Å². The monoisotopic (exact) mass is 425 g/mol. The summed E-state index contributed by atoms with van der Waals surface area (Å²) in [6, 6.07) is 8.73. The maximum absolute atomic E-state index is 14.1. The third-order valence-corrected chi connectivity index (χ3v) is 5.78. The molecule has 2 aromatic carbocycles. The lowest BCUT2D eigenvalue weighted by molar-refractivity contribution is 0.598. The van der Waals surface area contributed by atoms with Crippen molar-refractivity contribution < 1.29 is 12.8 Å². The van der Waals surface area contributed by atoms with E-state index >= 15 is 0 Å². The predicted octanol–water partition coefficient (Wildman–Crippen LogP) is 2.98. The van der Waals surface area contributed by atoms with Gasteiger partial charge in [0, 0.05) is 4.47 Å². The van der Waals surface area contributed by atoms with Crippen LogP contribution in [0.15, 0.2) is 45.8 Å². The molecule has 7 nitrogen and oxygen atoms in total. The Hall–Kier alpha value is -2.33. The Morgan fingerprint density at radius 3 is 2.56 bits per heavy atom. The summed E-state index contributed by atoms with van der Waals surface area (Å²) >= 11 is 3.23. The van der Waals surface area contributed by atoms with E-state index in [9.17, 15) is 12.8 Å². The maximum Gasteiger partial charge on any atom is 0.263 e. The molecular weight excluding hydrogens is 413 g/mol. The molecular formula is C15H13BrFN5O2S. The van der Waals surface area contributed by atoms with Crippen LogP contribution in [0.1, 0.15) is 11.4 Å². The highest BCUT2D eigenvalue weighted by atomic mass is 79.9. The van der Waals surface area contributed by atoms with Gasteiger partial charge < -0.3 is 0 Å². The number of hydrogen-bond acceptors (Lipinski definition) is 5. The quantitative estimate of drug-likeness (QED) is 0.693. The Bertz CT molecular complexity index is 1050. The van der Waals surface area contributed by atoms with E-state index in [4.69, 9.17) is 0 Å². The number of nitrogens with one attached hydrogen (secondary N) is 1. The number of benzene rings is 2. The van der Waals surface area contributed by atoms with Crippen LogP contribution in [-0.4, -0.2) is 28.6 Å². The van der Waals surface area contributed by atoms with Gasteiger partial charge in [0.1, 0.15) is 10.7 Å². The molecule has 3 rings (SSSR count). The first-order valence-corrected chi connectivity index (χ1v) is 9.39. The van der Waals surface area contributed by atoms with Crippen molar-refractivity contribution in [3.8, 4) is 5.69 Å². The summed E-state index contributed by atoms with van der Waals surface area (Å²) in [5.41, 5.74) is 1.14. The first-order chi connectivity index (χ1) is 11.8. The molecule has 0 spiro atoms. The molecule has 0 radical (unpaired) electrons. The van der Waals surface area contributed by atoms with Crippen molar-refractivity contribution in [1.82, 2.24) is 20.2 Å². The van der Waals surface area contributed by atoms with Crippen LogP contribution in [0.2, 0.25) is 0 Å². The lowest BCUT2D eigenvalue weighted by Crippen LogP contribution is -2.15. The van der Waals surface area contributed by atoms with Crippen molar-refractivity contribution in [2.45, 2.75) is 18.7 Å². The summed E-state index contributed by atoms with van der Waals surface area (Å²) in [6.45, 7) is 3.52. The normalized spacial score (nSPS) is 11.5. The van der Waals surface area contributed by atoms with E-state index in [-0.39, 0.29) is 10.6 Å². The number of tetrazole rings is 1. The van der Waals surface area contributed by atoms with Crippen LogP contribution in [0.4, 0.5) is 10.1 Å². The Labute approximate surface area is 152 Å². The molecule has 25 heavy (non-hydrogen) atoms. The van der Waals surface area contributed by atoms with Crippen LogP contribution in [0, 0.1) is 19.7 Å². The van der Waals surface area contributed by atoms with E-state index < -0.39 is 15.8 Å². The second kappa shape index (κ2) is 6.52. The van der Waals surface area contributed by atoms with Gasteiger partial charge in [0.05, 0.1) is 11.4 Å². The average Bonchev–Trinajstić information content (AvgIpc) is 2.95. The Morgan fingerprint density at radius 1 is 1.16 bits per heavy atom. The SMILES string of the molecule is Cc1ccc(S(=O)(=O)Nc2cc(-n3nnnc3C)ccc2F)c(Br)c1. The highest BCUT2D eigenvalue weighted by molar-refractivity contribution is 9.10. The number of aryl methyl sites for hydroxylation is 2. The molecule has 0 amide bonds.